The Bertz CT molecular complexity index is 919. The smallest absolute Gasteiger partial charge is 0.268 e. The number of nitrogens with zero attached hydrogens (tertiary/aromatic N) is 2. The fraction of sp³-hybridized carbons (Fsp3) is 0.0667. The number of aryl methyl sites for hydroxylation is 1. The first-order valence-corrected chi connectivity index (χ1v) is 7.26. The van der Waals surface area contributed by atoms with Crippen LogP contribution in [0.2, 0.25) is 15.3 Å². The van der Waals surface area contributed by atoms with Crippen molar-refractivity contribution < 1.29 is 0 Å². The Labute approximate surface area is 135 Å². The second-order valence-electron chi connectivity index (χ2n) is 4.56. The summed E-state index contributed by atoms with van der Waals surface area (Å²) in [5, 5.41) is 1.16. The largest absolute Gasteiger partial charge is 0.268 e. The molecule has 0 unspecified atom stereocenters. The molecule has 3 rings (SSSR count). The minimum atomic E-state index is -0.341. The molecular weight excluding hydrogens is 331 g/mol. The average molecular weight is 340 g/mol. The van der Waals surface area contributed by atoms with Crippen LogP contribution in [0.1, 0.15) is 5.56 Å². The number of benzene rings is 2. The summed E-state index contributed by atoms with van der Waals surface area (Å²) in [6, 6.07) is 10.4. The lowest BCUT2D eigenvalue weighted by Gasteiger charge is -2.12. The van der Waals surface area contributed by atoms with Gasteiger partial charge >= 0.3 is 0 Å². The molecule has 3 nitrogen and oxygen atoms in total. The van der Waals surface area contributed by atoms with Gasteiger partial charge in [-0.25, -0.2) is 9.55 Å². The predicted octanol–water partition coefficient (Wildman–Crippen LogP) is 4.65. The Balaban J connectivity index is 2.48. The third kappa shape index (κ3) is 2.31. The van der Waals surface area contributed by atoms with Gasteiger partial charge in [0, 0.05) is 0 Å². The molecule has 0 aliphatic heterocycles. The molecule has 1 heterocycles. The van der Waals surface area contributed by atoms with Gasteiger partial charge in [0.25, 0.3) is 5.56 Å². The molecule has 6 heteroatoms. The number of fused-ring (bicyclic) bond motifs is 1. The number of aromatic nitrogens is 2. The maximum absolute atomic E-state index is 12.8. The minimum Gasteiger partial charge on any atom is -0.268 e. The van der Waals surface area contributed by atoms with Crippen molar-refractivity contribution in [3.8, 4) is 5.69 Å². The van der Waals surface area contributed by atoms with E-state index in [1.54, 1.807) is 36.4 Å². The highest BCUT2D eigenvalue weighted by Crippen LogP contribution is 2.27. The Morgan fingerprint density at radius 3 is 2.48 bits per heavy atom. The van der Waals surface area contributed by atoms with Gasteiger partial charge in [0.15, 0.2) is 0 Å². The van der Waals surface area contributed by atoms with E-state index in [2.05, 4.69) is 4.98 Å². The minimum absolute atomic E-state index is 0.0421. The second-order valence-corrected chi connectivity index (χ2v) is 5.69. The molecule has 0 atom stereocenters. The van der Waals surface area contributed by atoms with E-state index in [-0.39, 0.29) is 10.8 Å². The van der Waals surface area contributed by atoms with Crippen LogP contribution in [0.5, 0.6) is 0 Å². The molecule has 1 aromatic heterocycles. The van der Waals surface area contributed by atoms with E-state index in [1.165, 1.54) is 4.57 Å². The Morgan fingerprint density at radius 1 is 1.05 bits per heavy atom. The lowest BCUT2D eigenvalue weighted by molar-refractivity contribution is 0.964. The molecule has 0 aliphatic rings. The van der Waals surface area contributed by atoms with Gasteiger partial charge in [0.1, 0.15) is 0 Å². The Morgan fingerprint density at radius 2 is 1.76 bits per heavy atom. The van der Waals surface area contributed by atoms with E-state index < -0.39 is 0 Å². The molecule has 0 amide bonds. The summed E-state index contributed by atoms with van der Waals surface area (Å²) in [5.41, 5.74) is 1.40. The summed E-state index contributed by atoms with van der Waals surface area (Å²) in [6.45, 7) is 1.83. The second kappa shape index (κ2) is 5.34. The van der Waals surface area contributed by atoms with Crippen molar-refractivity contribution in [1.29, 1.82) is 0 Å². The van der Waals surface area contributed by atoms with Crippen LogP contribution in [0.3, 0.4) is 0 Å². The van der Waals surface area contributed by atoms with Crippen LogP contribution in [0, 0.1) is 6.92 Å². The van der Waals surface area contributed by atoms with Crippen LogP contribution in [0.25, 0.3) is 16.6 Å². The molecule has 21 heavy (non-hydrogen) atoms. The van der Waals surface area contributed by atoms with E-state index >= 15 is 0 Å². The topological polar surface area (TPSA) is 34.9 Å². The summed E-state index contributed by atoms with van der Waals surface area (Å²) in [5.74, 6) is 0. The molecule has 0 saturated carbocycles. The average Bonchev–Trinajstić information content (AvgIpc) is 2.44. The first kappa shape index (κ1) is 14.4. The number of para-hydroxylation sites is 1. The molecule has 0 spiro atoms. The molecule has 3 aromatic rings. The molecule has 0 aliphatic carbocycles. The van der Waals surface area contributed by atoms with Crippen molar-refractivity contribution in [2.24, 2.45) is 0 Å². The maximum atomic E-state index is 12.8. The monoisotopic (exact) mass is 338 g/mol. The van der Waals surface area contributed by atoms with E-state index in [9.17, 15) is 4.79 Å². The SMILES string of the molecule is Cc1ccc2nc(Cl)n(-c3ccccc3Cl)c(=O)c2c1Cl. The van der Waals surface area contributed by atoms with E-state index in [0.717, 1.165) is 5.56 Å². The Hall–Kier alpha value is -1.55. The van der Waals surface area contributed by atoms with Gasteiger partial charge in [-0.2, -0.15) is 0 Å². The lowest BCUT2D eigenvalue weighted by Crippen LogP contribution is -2.21. The van der Waals surface area contributed by atoms with Crippen molar-refractivity contribution in [3.05, 3.63) is 67.6 Å². The van der Waals surface area contributed by atoms with Crippen LogP contribution in [0.15, 0.2) is 41.2 Å². The molecule has 0 radical (unpaired) electrons. The van der Waals surface area contributed by atoms with Crippen LogP contribution >= 0.6 is 34.8 Å². The number of hydrogen-bond acceptors (Lipinski definition) is 2. The first-order valence-electron chi connectivity index (χ1n) is 6.13. The van der Waals surface area contributed by atoms with Crippen LogP contribution in [0.4, 0.5) is 0 Å². The molecule has 0 fully saturated rings. The molecule has 2 aromatic carbocycles. The Kier molecular flexibility index (Phi) is 3.66. The van der Waals surface area contributed by atoms with Crippen molar-refractivity contribution in [2.75, 3.05) is 0 Å². The quantitative estimate of drug-likeness (QED) is 0.605. The van der Waals surface area contributed by atoms with Gasteiger partial charge in [0.2, 0.25) is 5.28 Å². The van der Waals surface area contributed by atoms with E-state index in [0.29, 0.717) is 26.6 Å². The van der Waals surface area contributed by atoms with E-state index in [4.69, 9.17) is 34.8 Å². The molecule has 0 saturated heterocycles. The first-order chi connectivity index (χ1) is 10.0. The lowest BCUT2D eigenvalue weighted by atomic mass is 10.1. The zero-order chi connectivity index (χ0) is 15.1. The summed E-state index contributed by atoms with van der Waals surface area (Å²) in [7, 11) is 0. The third-order valence-electron chi connectivity index (χ3n) is 3.22. The molecule has 0 N–H and O–H groups in total. The van der Waals surface area contributed by atoms with Crippen molar-refractivity contribution >= 4 is 45.7 Å². The van der Waals surface area contributed by atoms with Crippen molar-refractivity contribution in [3.63, 3.8) is 0 Å². The normalized spacial score (nSPS) is 11.0. The summed E-state index contributed by atoms with van der Waals surface area (Å²) in [4.78, 5) is 17.0. The highest BCUT2D eigenvalue weighted by atomic mass is 35.5. The van der Waals surface area contributed by atoms with Gasteiger partial charge in [-0.15, -0.1) is 0 Å². The summed E-state index contributed by atoms with van der Waals surface area (Å²) >= 11 is 18.6. The van der Waals surface area contributed by atoms with Crippen LogP contribution in [-0.4, -0.2) is 9.55 Å². The van der Waals surface area contributed by atoms with Crippen molar-refractivity contribution in [1.82, 2.24) is 9.55 Å². The highest BCUT2D eigenvalue weighted by molar-refractivity contribution is 6.36. The fourth-order valence-corrected chi connectivity index (χ4v) is 2.87. The number of halogens is 3. The molecular formula is C15H9Cl3N2O. The predicted molar refractivity (Wildman–Crippen MR) is 87.1 cm³/mol. The fourth-order valence-electron chi connectivity index (χ4n) is 2.15. The highest BCUT2D eigenvalue weighted by Gasteiger charge is 2.16. The van der Waals surface area contributed by atoms with Crippen LogP contribution in [-0.2, 0) is 0 Å². The van der Waals surface area contributed by atoms with Gasteiger partial charge in [-0.3, -0.25) is 4.79 Å². The third-order valence-corrected chi connectivity index (χ3v) is 4.28. The molecule has 0 bridgehead atoms. The van der Waals surface area contributed by atoms with Gasteiger partial charge in [-0.05, 0) is 42.3 Å². The van der Waals surface area contributed by atoms with Gasteiger partial charge in [0.05, 0.1) is 26.6 Å². The van der Waals surface area contributed by atoms with Crippen LogP contribution < -0.4 is 5.56 Å². The standard InChI is InChI=1S/C15H9Cl3N2O/c1-8-6-7-10-12(13(8)17)14(21)20(15(18)19-10)11-5-3-2-4-9(11)16/h2-7H,1H3. The van der Waals surface area contributed by atoms with Crippen molar-refractivity contribution in [2.45, 2.75) is 6.92 Å². The zero-order valence-electron chi connectivity index (χ0n) is 10.9. The zero-order valence-corrected chi connectivity index (χ0v) is 13.2. The van der Waals surface area contributed by atoms with Gasteiger partial charge < -0.3 is 0 Å². The molecule has 106 valence electrons. The number of rotatable bonds is 1. The maximum Gasteiger partial charge on any atom is 0.268 e. The number of hydrogen-bond donors (Lipinski definition) is 0. The van der Waals surface area contributed by atoms with E-state index in [1.807, 2.05) is 6.92 Å². The summed E-state index contributed by atoms with van der Waals surface area (Å²) < 4.78 is 1.26. The van der Waals surface area contributed by atoms with Gasteiger partial charge in [-0.1, -0.05) is 41.4 Å². The summed E-state index contributed by atoms with van der Waals surface area (Å²) in [6.07, 6.45) is 0.